The summed E-state index contributed by atoms with van der Waals surface area (Å²) in [6, 6.07) is 0.785. The van der Waals surface area contributed by atoms with Crippen LogP contribution >= 0.6 is 15.9 Å². The maximum atomic E-state index is 13.3. The van der Waals surface area contributed by atoms with Crippen LogP contribution in [0.15, 0.2) is 10.5 Å². The van der Waals surface area contributed by atoms with Crippen molar-refractivity contribution in [3.8, 4) is 0 Å². The summed E-state index contributed by atoms with van der Waals surface area (Å²) >= 11 is 2.82. The maximum absolute atomic E-state index is 13.3. The van der Waals surface area contributed by atoms with Crippen LogP contribution in [0.25, 0.3) is 0 Å². The Morgan fingerprint density at radius 1 is 1.29 bits per heavy atom. The Morgan fingerprint density at radius 2 is 1.93 bits per heavy atom. The van der Waals surface area contributed by atoms with E-state index < -0.39 is 17.5 Å². The average molecular weight is 268 g/mol. The van der Waals surface area contributed by atoms with Crippen molar-refractivity contribution >= 4 is 15.9 Å². The minimum atomic E-state index is -1.11. The minimum Gasteiger partial charge on any atom is -0.319 e. The van der Waals surface area contributed by atoms with E-state index in [1.165, 1.54) is 0 Å². The zero-order chi connectivity index (χ0) is 10.7. The van der Waals surface area contributed by atoms with Crippen LogP contribution in [0.5, 0.6) is 0 Å². The van der Waals surface area contributed by atoms with E-state index in [-0.39, 0.29) is 16.5 Å². The van der Waals surface area contributed by atoms with E-state index in [1.807, 2.05) is 0 Å². The Kier molecular flexibility index (Phi) is 3.95. The molecule has 1 nitrogen and oxygen atoms in total. The van der Waals surface area contributed by atoms with Gasteiger partial charge in [0, 0.05) is 5.56 Å². The van der Waals surface area contributed by atoms with Gasteiger partial charge in [0.2, 0.25) is 0 Å². The molecule has 14 heavy (non-hydrogen) atoms. The highest BCUT2D eigenvalue weighted by molar-refractivity contribution is 9.10. The second-order valence-electron chi connectivity index (χ2n) is 2.80. The lowest BCUT2D eigenvalue weighted by Gasteiger charge is -2.06. The van der Waals surface area contributed by atoms with Crippen molar-refractivity contribution in [3.05, 3.63) is 33.6 Å². The molecule has 5 heteroatoms. The van der Waals surface area contributed by atoms with E-state index in [4.69, 9.17) is 0 Å². The Morgan fingerprint density at radius 3 is 2.50 bits per heavy atom. The van der Waals surface area contributed by atoms with Crippen LogP contribution in [0.4, 0.5) is 13.2 Å². The lowest BCUT2D eigenvalue weighted by molar-refractivity contribution is 0.475. The van der Waals surface area contributed by atoms with E-state index in [9.17, 15) is 13.2 Å². The first kappa shape index (κ1) is 11.5. The first-order valence-electron chi connectivity index (χ1n) is 4.04. The topological polar surface area (TPSA) is 12.0 Å². The molecule has 1 rings (SSSR count). The van der Waals surface area contributed by atoms with E-state index in [0.29, 0.717) is 6.54 Å². The molecule has 0 heterocycles. The first-order valence-corrected chi connectivity index (χ1v) is 4.83. The Labute approximate surface area is 88.4 Å². The molecule has 78 valence electrons. The molecule has 0 aromatic heterocycles. The molecule has 0 spiro atoms. The molecule has 0 atom stereocenters. The molecule has 0 aliphatic heterocycles. The fraction of sp³-hybridized carbons (Fsp3) is 0.333. The summed E-state index contributed by atoms with van der Waals surface area (Å²) in [5, 5.41) is 2.74. The fourth-order valence-electron chi connectivity index (χ4n) is 1.09. The summed E-state index contributed by atoms with van der Waals surface area (Å²) in [7, 11) is 1.66. The van der Waals surface area contributed by atoms with Gasteiger partial charge in [-0.25, -0.2) is 13.2 Å². The van der Waals surface area contributed by atoms with E-state index in [1.54, 1.807) is 7.05 Å². The lowest BCUT2D eigenvalue weighted by Crippen LogP contribution is -2.13. The smallest absolute Gasteiger partial charge is 0.165 e. The second kappa shape index (κ2) is 4.79. The monoisotopic (exact) mass is 267 g/mol. The Bertz CT molecular complexity index is 315. The molecule has 0 saturated heterocycles. The molecule has 0 aliphatic carbocycles. The highest BCUT2D eigenvalue weighted by Crippen LogP contribution is 2.24. The third kappa shape index (κ3) is 2.27. The molecule has 0 saturated carbocycles. The van der Waals surface area contributed by atoms with Gasteiger partial charge in [-0.05, 0) is 42.0 Å². The van der Waals surface area contributed by atoms with Gasteiger partial charge in [0.25, 0.3) is 0 Å². The standard InChI is InChI=1S/C9H9BrF3N/c1-14-3-2-5-8(12)6(10)4-7(11)9(5)13/h4,14H,2-3H2,1H3. The number of hydrogen-bond donors (Lipinski definition) is 1. The van der Waals surface area contributed by atoms with Crippen LogP contribution in [0, 0.1) is 17.5 Å². The SMILES string of the molecule is CNCCc1c(F)c(F)cc(Br)c1F. The molecule has 0 unspecified atom stereocenters. The Hall–Kier alpha value is -0.550. The number of likely N-dealkylation sites (N-methyl/N-ethyl adjacent to an activating group) is 1. The highest BCUT2D eigenvalue weighted by Gasteiger charge is 2.16. The highest BCUT2D eigenvalue weighted by atomic mass is 79.9. The van der Waals surface area contributed by atoms with Crippen molar-refractivity contribution < 1.29 is 13.2 Å². The second-order valence-corrected chi connectivity index (χ2v) is 3.65. The number of nitrogens with one attached hydrogen (secondary N) is 1. The summed E-state index contributed by atoms with van der Waals surface area (Å²) in [5.74, 6) is -2.88. The third-order valence-corrected chi connectivity index (χ3v) is 2.40. The van der Waals surface area contributed by atoms with E-state index in [2.05, 4.69) is 21.2 Å². The van der Waals surface area contributed by atoms with Crippen LogP contribution in [-0.4, -0.2) is 13.6 Å². The van der Waals surface area contributed by atoms with Crippen molar-refractivity contribution in [1.29, 1.82) is 0 Å². The lowest BCUT2D eigenvalue weighted by atomic mass is 10.1. The summed E-state index contributed by atoms with van der Waals surface area (Å²) in [6.45, 7) is 0.393. The van der Waals surface area contributed by atoms with Crippen molar-refractivity contribution in [2.45, 2.75) is 6.42 Å². The molecule has 0 fully saturated rings. The molecule has 0 bridgehead atoms. The average Bonchev–Trinajstić information content (AvgIpc) is 2.15. The predicted octanol–water partition coefficient (Wildman–Crippen LogP) is 2.63. The van der Waals surface area contributed by atoms with Crippen LogP contribution in [0.2, 0.25) is 0 Å². The first-order chi connectivity index (χ1) is 6.57. The van der Waals surface area contributed by atoms with Gasteiger partial charge in [-0.2, -0.15) is 0 Å². The van der Waals surface area contributed by atoms with Gasteiger partial charge >= 0.3 is 0 Å². The molecule has 1 N–H and O–H groups in total. The molecule has 1 aromatic rings. The summed E-state index contributed by atoms with van der Waals surface area (Å²) in [5.41, 5.74) is -0.230. The fourth-order valence-corrected chi connectivity index (χ4v) is 1.53. The zero-order valence-corrected chi connectivity index (χ0v) is 9.09. The van der Waals surface area contributed by atoms with Crippen LogP contribution in [0.3, 0.4) is 0 Å². The van der Waals surface area contributed by atoms with Gasteiger partial charge < -0.3 is 5.32 Å². The normalized spacial score (nSPS) is 10.6. The van der Waals surface area contributed by atoms with Crippen molar-refractivity contribution in [3.63, 3.8) is 0 Å². The van der Waals surface area contributed by atoms with Gasteiger partial charge in [-0.15, -0.1) is 0 Å². The molecule has 0 radical (unpaired) electrons. The number of rotatable bonds is 3. The summed E-state index contributed by atoms with van der Waals surface area (Å²) < 4.78 is 39.2. The van der Waals surface area contributed by atoms with Crippen molar-refractivity contribution in [1.82, 2.24) is 5.32 Å². The van der Waals surface area contributed by atoms with Crippen LogP contribution < -0.4 is 5.32 Å². The maximum Gasteiger partial charge on any atom is 0.165 e. The summed E-state index contributed by atoms with van der Waals surface area (Å²) in [4.78, 5) is 0. The quantitative estimate of drug-likeness (QED) is 0.831. The largest absolute Gasteiger partial charge is 0.319 e. The zero-order valence-electron chi connectivity index (χ0n) is 7.50. The molecular formula is C9H9BrF3N. The number of benzene rings is 1. The van der Waals surface area contributed by atoms with E-state index in [0.717, 1.165) is 6.07 Å². The van der Waals surface area contributed by atoms with Crippen molar-refractivity contribution in [2.24, 2.45) is 0 Å². The molecule has 1 aromatic carbocycles. The predicted molar refractivity (Wildman–Crippen MR) is 51.6 cm³/mol. The van der Waals surface area contributed by atoms with Crippen LogP contribution in [0.1, 0.15) is 5.56 Å². The van der Waals surface area contributed by atoms with Gasteiger partial charge in [0.05, 0.1) is 4.47 Å². The van der Waals surface area contributed by atoms with Crippen molar-refractivity contribution in [2.75, 3.05) is 13.6 Å². The van der Waals surface area contributed by atoms with Gasteiger partial charge in [-0.3, -0.25) is 0 Å². The van der Waals surface area contributed by atoms with Crippen LogP contribution in [-0.2, 0) is 6.42 Å². The number of halogens is 4. The van der Waals surface area contributed by atoms with Gasteiger partial charge in [-0.1, -0.05) is 0 Å². The minimum absolute atomic E-state index is 0.0532. The molecular weight excluding hydrogens is 259 g/mol. The molecule has 0 amide bonds. The Balaban J connectivity index is 3.11. The number of hydrogen-bond acceptors (Lipinski definition) is 1. The summed E-state index contributed by atoms with van der Waals surface area (Å²) in [6.07, 6.45) is 0.116. The molecule has 0 aliphatic rings. The van der Waals surface area contributed by atoms with E-state index >= 15 is 0 Å². The third-order valence-electron chi connectivity index (χ3n) is 1.83. The van der Waals surface area contributed by atoms with Gasteiger partial charge in [0.1, 0.15) is 5.82 Å². The van der Waals surface area contributed by atoms with Gasteiger partial charge in [0.15, 0.2) is 11.6 Å².